The van der Waals surface area contributed by atoms with Crippen LogP contribution in [0.4, 0.5) is 5.69 Å². The summed E-state index contributed by atoms with van der Waals surface area (Å²) in [5.41, 5.74) is 2.14. The smallest absolute Gasteiger partial charge is 0.262 e. The summed E-state index contributed by atoms with van der Waals surface area (Å²) in [7, 11) is 3.38. The Labute approximate surface area is 152 Å². The molecule has 2 amide bonds. The highest BCUT2D eigenvalue weighted by atomic mass is 35.5. The van der Waals surface area contributed by atoms with Crippen LogP contribution in [-0.2, 0) is 11.2 Å². The van der Waals surface area contributed by atoms with Crippen LogP contribution in [0.5, 0.6) is 5.75 Å². The van der Waals surface area contributed by atoms with Crippen LogP contribution in [0.25, 0.3) is 0 Å². The minimum atomic E-state index is -0.278. The van der Waals surface area contributed by atoms with E-state index in [4.69, 9.17) is 16.3 Å². The normalized spacial score (nSPS) is 10.2. The number of rotatable bonds is 6. The van der Waals surface area contributed by atoms with Crippen molar-refractivity contribution >= 4 is 29.1 Å². The molecule has 1 N–H and O–H groups in total. The number of carbonyl (C=O) groups is 2. The first-order valence-electron chi connectivity index (χ1n) is 7.93. The average molecular weight is 361 g/mol. The molecule has 0 aliphatic heterocycles. The molecule has 0 atom stereocenters. The van der Waals surface area contributed by atoms with Gasteiger partial charge in [0.05, 0.1) is 0 Å². The maximum Gasteiger partial charge on any atom is 0.262 e. The van der Waals surface area contributed by atoms with Crippen LogP contribution < -0.4 is 10.1 Å². The van der Waals surface area contributed by atoms with Gasteiger partial charge in [-0.3, -0.25) is 9.59 Å². The van der Waals surface area contributed by atoms with Crippen molar-refractivity contribution in [1.29, 1.82) is 0 Å². The molecule has 0 aromatic heterocycles. The van der Waals surface area contributed by atoms with Gasteiger partial charge in [-0.1, -0.05) is 18.5 Å². The summed E-state index contributed by atoms with van der Waals surface area (Å²) < 4.78 is 5.50. The molecule has 25 heavy (non-hydrogen) atoms. The molecule has 0 unspecified atom stereocenters. The SMILES string of the molecule is CCc1cc(OCC(=O)Nc2ccc(C(=O)N(C)C)cc2)ccc1Cl. The van der Waals surface area contributed by atoms with E-state index in [1.54, 1.807) is 50.5 Å². The first kappa shape index (κ1) is 18.8. The second kappa shape index (κ2) is 8.53. The number of benzene rings is 2. The van der Waals surface area contributed by atoms with Gasteiger partial charge in [-0.05, 0) is 54.4 Å². The van der Waals surface area contributed by atoms with E-state index in [2.05, 4.69) is 5.32 Å². The fraction of sp³-hybridized carbons (Fsp3) is 0.263. The molecule has 0 aliphatic carbocycles. The number of halogens is 1. The van der Waals surface area contributed by atoms with E-state index in [0.29, 0.717) is 22.0 Å². The highest BCUT2D eigenvalue weighted by molar-refractivity contribution is 6.31. The van der Waals surface area contributed by atoms with Gasteiger partial charge >= 0.3 is 0 Å². The van der Waals surface area contributed by atoms with Crippen molar-refractivity contribution < 1.29 is 14.3 Å². The van der Waals surface area contributed by atoms with E-state index in [-0.39, 0.29) is 18.4 Å². The molecule has 0 saturated carbocycles. The molecular weight excluding hydrogens is 340 g/mol. The predicted molar refractivity (Wildman–Crippen MR) is 99.4 cm³/mol. The van der Waals surface area contributed by atoms with E-state index in [9.17, 15) is 9.59 Å². The van der Waals surface area contributed by atoms with Gasteiger partial charge < -0.3 is 15.0 Å². The molecule has 0 radical (unpaired) electrons. The lowest BCUT2D eigenvalue weighted by molar-refractivity contribution is -0.118. The van der Waals surface area contributed by atoms with Crippen LogP contribution in [-0.4, -0.2) is 37.4 Å². The largest absolute Gasteiger partial charge is 0.484 e. The molecule has 0 heterocycles. The van der Waals surface area contributed by atoms with E-state index in [0.717, 1.165) is 12.0 Å². The van der Waals surface area contributed by atoms with Crippen LogP contribution in [0, 0.1) is 0 Å². The van der Waals surface area contributed by atoms with Gasteiger partial charge in [0.15, 0.2) is 6.61 Å². The summed E-state index contributed by atoms with van der Waals surface area (Å²) in [4.78, 5) is 25.3. The lowest BCUT2D eigenvalue weighted by atomic mass is 10.1. The zero-order chi connectivity index (χ0) is 18.4. The third-order valence-electron chi connectivity index (χ3n) is 3.59. The minimum absolute atomic E-state index is 0.0873. The number of ether oxygens (including phenoxy) is 1. The van der Waals surface area contributed by atoms with E-state index >= 15 is 0 Å². The van der Waals surface area contributed by atoms with Gasteiger partial charge in [0.2, 0.25) is 0 Å². The number of nitrogens with one attached hydrogen (secondary N) is 1. The molecule has 0 bridgehead atoms. The second-order valence-electron chi connectivity index (χ2n) is 5.72. The highest BCUT2D eigenvalue weighted by Gasteiger charge is 2.09. The summed E-state index contributed by atoms with van der Waals surface area (Å²) in [5.74, 6) is 0.235. The molecule has 0 spiro atoms. The average Bonchev–Trinajstić information content (AvgIpc) is 2.61. The number of hydrogen-bond acceptors (Lipinski definition) is 3. The Morgan fingerprint density at radius 3 is 2.40 bits per heavy atom. The van der Waals surface area contributed by atoms with Gasteiger partial charge in [0, 0.05) is 30.4 Å². The van der Waals surface area contributed by atoms with Crippen molar-refractivity contribution in [3.8, 4) is 5.75 Å². The zero-order valence-electron chi connectivity index (χ0n) is 14.5. The lowest BCUT2D eigenvalue weighted by Gasteiger charge is -2.11. The third-order valence-corrected chi connectivity index (χ3v) is 3.96. The maximum atomic E-state index is 12.0. The summed E-state index contributed by atoms with van der Waals surface area (Å²) in [6.07, 6.45) is 0.792. The molecular formula is C19H21ClN2O3. The Kier molecular flexibility index (Phi) is 6.42. The molecule has 2 aromatic rings. The van der Waals surface area contributed by atoms with E-state index in [1.807, 2.05) is 13.0 Å². The Hall–Kier alpha value is -2.53. The van der Waals surface area contributed by atoms with Gasteiger partial charge in [-0.2, -0.15) is 0 Å². The Morgan fingerprint density at radius 1 is 1.12 bits per heavy atom. The molecule has 2 aromatic carbocycles. The van der Waals surface area contributed by atoms with Crippen LogP contribution in [0.2, 0.25) is 5.02 Å². The summed E-state index contributed by atoms with van der Waals surface area (Å²) in [6, 6.07) is 12.0. The van der Waals surface area contributed by atoms with Crippen LogP contribution >= 0.6 is 11.6 Å². The Balaban J connectivity index is 1.91. The van der Waals surface area contributed by atoms with Crippen LogP contribution in [0.3, 0.4) is 0 Å². The topological polar surface area (TPSA) is 58.6 Å². The molecule has 2 rings (SSSR count). The lowest BCUT2D eigenvalue weighted by Crippen LogP contribution is -2.22. The fourth-order valence-electron chi connectivity index (χ4n) is 2.21. The Bertz CT molecular complexity index is 758. The van der Waals surface area contributed by atoms with Gasteiger partial charge in [-0.25, -0.2) is 0 Å². The fourth-order valence-corrected chi connectivity index (χ4v) is 2.46. The monoisotopic (exact) mass is 360 g/mol. The van der Waals surface area contributed by atoms with Crippen molar-refractivity contribution in [2.24, 2.45) is 0 Å². The van der Waals surface area contributed by atoms with Crippen molar-refractivity contribution in [2.75, 3.05) is 26.0 Å². The van der Waals surface area contributed by atoms with Crippen molar-refractivity contribution in [1.82, 2.24) is 4.90 Å². The van der Waals surface area contributed by atoms with Crippen LogP contribution in [0.1, 0.15) is 22.8 Å². The Morgan fingerprint density at radius 2 is 1.80 bits per heavy atom. The summed E-state index contributed by atoms with van der Waals surface area (Å²) in [5, 5.41) is 3.42. The molecule has 132 valence electrons. The molecule has 0 saturated heterocycles. The number of aryl methyl sites for hydroxylation is 1. The number of anilines is 1. The molecule has 6 heteroatoms. The van der Waals surface area contributed by atoms with Crippen molar-refractivity contribution in [2.45, 2.75) is 13.3 Å². The first-order valence-corrected chi connectivity index (χ1v) is 8.31. The summed E-state index contributed by atoms with van der Waals surface area (Å²) in [6.45, 7) is 1.89. The molecule has 0 fully saturated rings. The number of carbonyl (C=O) groups excluding carboxylic acids is 2. The predicted octanol–water partition coefficient (Wildman–Crippen LogP) is 3.62. The minimum Gasteiger partial charge on any atom is -0.484 e. The van der Waals surface area contributed by atoms with E-state index in [1.165, 1.54) is 4.90 Å². The van der Waals surface area contributed by atoms with Crippen molar-refractivity contribution in [3.63, 3.8) is 0 Å². The molecule has 5 nitrogen and oxygen atoms in total. The third kappa shape index (κ3) is 5.22. The van der Waals surface area contributed by atoms with Crippen molar-refractivity contribution in [3.05, 3.63) is 58.6 Å². The first-order chi connectivity index (χ1) is 11.9. The summed E-state index contributed by atoms with van der Waals surface area (Å²) >= 11 is 6.06. The number of amides is 2. The maximum absolute atomic E-state index is 12.0. The standard InChI is InChI=1S/C19H21ClN2O3/c1-4-13-11-16(9-10-17(13)20)25-12-18(23)21-15-7-5-14(6-8-15)19(24)22(2)3/h5-11H,4,12H2,1-3H3,(H,21,23). The number of nitrogens with zero attached hydrogens (tertiary/aromatic N) is 1. The zero-order valence-corrected chi connectivity index (χ0v) is 15.3. The van der Waals surface area contributed by atoms with Gasteiger partial charge in [-0.15, -0.1) is 0 Å². The van der Waals surface area contributed by atoms with Gasteiger partial charge in [0.1, 0.15) is 5.75 Å². The van der Waals surface area contributed by atoms with Crippen LogP contribution in [0.15, 0.2) is 42.5 Å². The number of hydrogen-bond donors (Lipinski definition) is 1. The van der Waals surface area contributed by atoms with E-state index < -0.39 is 0 Å². The quantitative estimate of drug-likeness (QED) is 0.855. The van der Waals surface area contributed by atoms with Gasteiger partial charge in [0.25, 0.3) is 11.8 Å². The molecule has 0 aliphatic rings. The second-order valence-corrected chi connectivity index (χ2v) is 6.13. The highest BCUT2D eigenvalue weighted by Crippen LogP contribution is 2.22.